The average molecular weight is 258 g/mol. The van der Waals surface area contributed by atoms with Gasteiger partial charge in [-0.25, -0.2) is 13.4 Å². The van der Waals surface area contributed by atoms with Crippen molar-refractivity contribution in [2.24, 2.45) is 0 Å². The largest absolute Gasteiger partial charge is 0.340 e. The molecule has 0 unspecified atom stereocenters. The summed E-state index contributed by atoms with van der Waals surface area (Å²) >= 11 is 0. The Hall–Kier alpha value is -1.41. The summed E-state index contributed by atoms with van der Waals surface area (Å²) in [5, 5.41) is 0.0915. The molecule has 0 bridgehead atoms. The standard InChI is InChI=1S/C9H14N4O3S/c1-8(14)12-2-4-13(5-3-12)17(15,16)9-6-10-7-11-9/h6-7H,2-5H2,1H3,(H,10,11). The molecule has 0 spiro atoms. The first kappa shape index (κ1) is 12.1. The van der Waals surface area contributed by atoms with E-state index in [-0.39, 0.29) is 10.9 Å². The number of hydrogen-bond acceptors (Lipinski definition) is 4. The molecule has 1 aromatic rings. The molecule has 1 N–H and O–H groups in total. The Bertz CT molecular complexity index is 488. The number of H-pyrrole nitrogens is 1. The summed E-state index contributed by atoms with van der Waals surface area (Å²) in [6.07, 6.45) is 2.62. The molecule has 1 fully saturated rings. The molecular formula is C9H14N4O3S. The lowest BCUT2D eigenvalue weighted by molar-refractivity contribution is -0.129. The third kappa shape index (κ3) is 2.32. The minimum Gasteiger partial charge on any atom is -0.340 e. The Balaban J connectivity index is 2.09. The second-order valence-corrected chi connectivity index (χ2v) is 5.73. The minimum atomic E-state index is -3.49. The lowest BCUT2D eigenvalue weighted by Crippen LogP contribution is -2.49. The Morgan fingerprint density at radius 1 is 1.35 bits per heavy atom. The molecule has 2 rings (SSSR count). The zero-order valence-corrected chi connectivity index (χ0v) is 10.3. The summed E-state index contributed by atoms with van der Waals surface area (Å²) in [7, 11) is -3.49. The van der Waals surface area contributed by atoms with E-state index in [1.165, 1.54) is 23.8 Å². The number of hydrogen-bond donors (Lipinski definition) is 1. The molecule has 0 saturated carbocycles. The van der Waals surface area contributed by atoms with E-state index >= 15 is 0 Å². The third-order valence-corrected chi connectivity index (χ3v) is 4.60. The number of carbonyl (C=O) groups is 1. The number of nitrogens with zero attached hydrogens (tertiary/aromatic N) is 3. The van der Waals surface area contributed by atoms with Crippen molar-refractivity contribution in [3.63, 3.8) is 0 Å². The van der Waals surface area contributed by atoms with Gasteiger partial charge < -0.3 is 9.88 Å². The van der Waals surface area contributed by atoms with E-state index in [2.05, 4.69) is 9.97 Å². The van der Waals surface area contributed by atoms with Crippen LogP contribution in [-0.2, 0) is 14.8 Å². The van der Waals surface area contributed by atoms with Crippen molar-refractivity contribution in [3.8, 4) is 0 Å². The first-order chi connectivity index (χ1) is 8.01. The fourth-order valence-corrected chi connectivity index (χ4v) is 3.08. The van der Waals surface area contributed by atoms with Crippen LogP contribution in [-0.4, -0.2) is 59.7 Å². The number of amides is 1. The lowest BCUT2D eigenvalue weighted by Gasteiger charge is -2.32. The van der Waals surface area contributed by atoms with Gasteiger partial charge in [0.1, 0.15) is 0 Å². The van der Waals surface area contributed by atoms with Gasteiger partial charge in [0, 0.05) is 33.1 Å². The van der Waals surface area contributed by atoms with Crippen LogP contribution in [0.1, 0.15) is 6.92 Å². The molecule has 17 heavy (non-hydrogen) atoms. The van der Waals surface area contributed by atoms with Gasteiger partial charge in [-0.05, 0) is 0 Å². The van der Waals surface area contributed by atoms with E-state index in [0.29, 0.717) is 26.2 Å². The van der Waals surface area contributed by atoms with Crippen molar-refractivity contribution < 1.29 is 13.2 Å². The van der Waals surface area contributed by atoms with Crippen molar-refractivity contribution in [2.75, 3.05) is 26.2 Å². The molecule has 0 radical (unpaired) electrons. The van der Waals surface area contributed by atoms with E-state index in [4.69, 9.17) is 0 Å². The fourth-order valence-electron chi connectivity index (χ4n) is 1.77. The fraction of sp³-hybridized carbons (Fsp3) is 0.556. The van der Waals surface area contributed by atoms with E-state index in [1.54, 1.807) is 4.90 Å². The van der Waals surface area contributed by atoms with E-state index in [1.807, 2.05) is 0 Å². The Morgan fingerprint density at radius 2 is 2.00 bits per heavy atom. The smallest absolute Gasteiger partial charge is 0.260 e. The highest BCUT2D eigenvalue weighted by Gasteiger charge is 2.29. The van der Waals surface area contributed by atoms with Crippen LogP contribution in [0.3, 0.4) is 0 Å². The minimum absolute atomic E-state index is 0.0245. The van der Waals surface area contributed by atoms with Gasteiger partial charge in [0.25, 0.3) is 10.0 Å². The molecule has 1 aliphatic heterocycles. The highest BCUT2D eigenvalue weighted by molar-refractivity contribution is 7.89. The number of nitrogens with one attached hydrogen (secondary N) is 1. The van der Waals surface area contributed by atoms with Crippen LogP contribution in [0.4, 0.5) is 0 Å². The van der Waals surface area contributed by atoms with Gasteiger partial charge in [0.2, 0.25) is 5.91 Å². The van der Waals surface area contributed by atoms with Crippen molar-refractivity contribution in [1.29, 1.82) is 0 Å². The summed E-state index contributed by atoms with van der Waals surface area (Å²) in [5.74, 6) is -0.0245. The molecule has 1 saturated heterocycles. The van der Waals surface area contributed by atoms with Crippen molar-refractivity contribution in [1.82, 2.24) is 19.2 Å². The zero-order valence-electron chi connectivity index (χ0n) is 9.46. The number of imidazole rings is 1. The molecule has 1 aliphatic rings. The number of piperazine rings is 1. The van der Waals surface area contributed by atoms with E-state index in [9.17, 15) is 13.2 Å². The SMILES string of the molecule is CC(=O)N1CCN(S(=O)(=O)c2cnc[nH]2)CC1. The van der Waals surface area contributed by atoms with Gasteiger partial charge >= 0.3 is 0 Å². The third-order valence-electron chi connectivity index (χ3n) is 2.77. The van der Waals surface area contributed by atoms with Crippen molar-refractivity contribution >= 4 is 15.9 Å². The summed E-state index contributed by atoms with van der Waals surface area (Å²) in [6.45, 7) is 2.99. The highest BCUT2D eigenvalue weighted by Crippen LogP contribution is 2.14. The number of aromatic nitrogens is 2. The van der Waals surface area contributed by atoms with Crippen LogP contribution in [0.25, 0.3) is 0 Å². The van der Waals surface area contributed by atoms with Gasteiger partial charge in [-0.2, -0.15) is 4.31 Å². The van der Waals surface area contributed by atoms with Crippen LogP contribution < -0.4 is 0 Å². The van der Waals surface area contributed by atoms with Crippen LogP contribution in [0.2, 0.25) is 0 Å². The Morgan fingerprint density at radius 3 is 2.47 bits per heavy atom. The maximum absolute atomic E-state index is 12.1. The normalized spacial score (nSPS) is 18.3. The van der Waals surface area contributed by atoms with Gasteiger partial charge in [0.05, 0.1) is 12.5 Å². The Labute approximate surface area is 99.5 Å². The molecular weight excluding hydrogens is 244 g/mol. The van der Waals surface area contributed by atoms with Gasteiger partial charge in [-0.3, -0.25) is 4.79 Å². The lowest BCUT2D eigenvalue weighted by atomic mass is 10.3. The van der Waals surface area contributed by atoms with E-state index < -0.39 is 10.0 Å². The molecule has 7 nitrogen and oxygen atoms in total. The van der Waals surface area contributed by atoms with Gasteiger partial charge in [-0.1, -0.05) is 0 Å². The molecule has 1 amide bonds. The number of sulfonamides is 1. The molecule has 94 valence electrons. The molecule has 1 aromatic heterocycles. The highest BCUT2D eigenvalue weighted by atomic mass is 32.2. The Kier molecular flexibility index (Phi) is 3.16. The maximum atomic E-state index is 12.1. The average Bonchev–Trinajstić information content (AvgIpc) is 2.83. The zero-order chi connectivity index (χ0) is 12.5. The van der Waals surface area contributed by atoms with Crippen LogP contribution in [0.5, 0.6) is 0 Å². The first-order valence-corrected chi connectivity index (χ1v) is 6.70. The number of aromatic amines is 1. The predicted molar refractivity (Wildman–Crippen MR) is 59.6 cm³/mol. The quantitative estimate of drug-likeness (QED) is 0.757. The summed E-state index contributed by atoms with van der Waals surface area (Å²) in [5.41, 5.74) is 0. The van der Waals surface area contributed by atoms with Crippen LogP contribution in [0, 0.1) is 0 Å². The number of carbonyl (C=O) groups excluding carboxylic acids is 1. The van der Waals surface area contributed by atoms with Crippen molar-refractivity contribution in [2.45, 2.75) is 11.9 Å². The van der Waals surface area contributed by atoms with Crippen LogP contribution >= 0.6 is 0 Å². The molecule has 2 heterocycles. The summed E-state index contributed by atoms with van der Waals surface area (Å²) < 4.78 is 25.5. The van der Waals surface area contributed by atoms with Gasteiger partial charge in [0.15, 0.2) is 5.03 Å². The van der Waals surface area contributed by atoms with Gasteiger partial charge in [-0.15, -0.1) is 0 Å². The monoisotopic (exact) mass is 258 g/mol. The van der Waals surface area contributed by atoms with E-state index in [0.717, 1.165) is 0 Å². The second-order valence-electron chi connectivity index (χ2n) is 3.83. The summed E-state index contributed by atoms with van der Waals surface area (Å²) in [4.78, 5) is 19.1. The summed E-state index contributed by atoms with van der Waals surface area (Å²) in [6, 6.07) is 0. The topological polar surface area (TPSA) is 86.4 Å². The molecule has 8 heteroatoms. The van der Waals surface area contributed by atoms with Crippen LogP contribution in [0.15, 0.2) is 17.6 Å². The molecule has 0 atom stereocenters. The maximum Gasteiger partial charge on any atom is 0.260 e. The molecule has 0 aliphatic carbocycles. The number of rotatable bonds is 2. The van der Waals surface area contributed by atoms with Crippen molar-refractivity contribution in [3.05, 3.63) is 12.5 Å². The predicted octanol–water partition coefficient (Wildman–Crippen LogP) is -0.737. The first-order valence-electron chi connectivity index (χ1n) is 5.26. The second kappa shape index (κ2) is 4.46. The molecule has 0 aromatic carbocycles.